The molecule has 1 aliphatic rings. The first kappa shape index (κ1) is 10.2. The van der Waals surface area contributed by atoms with Crippen LogP contribution in [0.25, 0.3) is 11.0 Å². The minimum atomic E-state index is 0.510. The van der Waals surface area contributed by atoms with Gasteiger partial charge in [-0.1, -0.05) is 11.6 Å². The Morgan fingerprint density at radius 3 is 2.88 bits per heavy atom. The zero-order valence-corrected chi connectivity index (χ0v) is 9.70. The monoisotopic (exact) mass is 235 g/mol. The number of nitrogens with two attached hydrogens (primary N) is 1. The van der Waals surface area contributed by atoms with Crippen LogP contribution in [0, 0.1) is 5.92 Å². The SMILES string of the molecule is NCC1CCC1c1cc2cc(Cl)ccc2o1. The Kier molecular flexibility index (Phi) is 2.41. The largest absolute Gasteiger partial charge is 0.461 e. The fourth-order valence-corrected chi connectivity index (χ4v) is 2.62. The highest BCUT2D eigenvalue weighted by Gasteiger charge is 2.33. The highest BCUT2D eigenvalue weighted by atomic mass is 35.5. The minimum Gasteiger partial charge on any atom is -0.461 e. The normalized spacial score (nSPS) is 24.6. The third kappa shape index (κ3) is 1.53. The Labute approximate surface area is 99.4 Å². The zero-order valence-electron chi connectivity index (χ0n) is 8.95. The third-order valence-corrected chi connectivity index (χ3v) is 3.82. The predicted molar refractivity (Wildman–Crippen MR) is 65.7 cm³/mol. The molecule has 1 aliphatic carbocycles. The summed E-state index contributed by atoms with van der Waals surface area (Å²) in [7, 11) is 0. The maximum Gasteiger partial charge on any atom is 0.134 e. The van der Waals surface area contributed by atoms with Crippen molar-refractivity contribution in [3.63, 3.8) is 0 Å². The minimum absolute atomic E-state index is 0.510. The first-order valence-electron chi connectivity index (χ1n) is 5.67. The fraction of sp³-hybridized carbons (Fsp3) is 0.385. The quantitative estimate of drug-likeness (QED) is 0.865. The van der Waals surface area contributed by atoms with E-state index in [-0.39, 0.29) is 0 Å². The predicted octanol–water partition coefficient (Wildman–Crippen LogP) is 3.54. The van der Waals surface area contributed by atoms with Crippen LogP contribution in [0.15, 0.2) is 28.7 Å². The fourth-order valence-electron chi connectivity index (χ4n) is 2.44. The number of hydrogen-bond acceptors (Lipinski definition) is 2. The van der Waals surface area contributed by atoms with Crippen molar-refractivity contribution in [1.29, 1.82) is 0 Å². The van der Waals surface area contributed by atoms with Crippen LogP contribution in [0.4, 0.5) is 0 Å². The van der Waals surface area contributed by atoms with E-state index in [2.05, 4.69) is 6.07 Å². The summed E-state index contributed by atoms with van der Waals surface area (Å²) >= 11 is 5.95. The van der Waals surface area contributed by atoms with E-state index in [1.807, 2.05) is 18.2 Å². The molecule has 3 heteroatoms. The highest BCUT2D eigenvalue weighted by Crippen LogP contribution is 2.43. The summed E-state index contributed by atoms with van der Waals surface area (Å²) in [5.74, 6) is 2.17. The van der Waals surface area contributed by atoms with Crippen LogP contribution in [-0.2, 0) is 0 Å². The Morgan fingerprint density at radius 1 is 1.31 bits per heavy atom. The number of fused-ring (bicyclic) bond motifs is 1. The van der Waals surface area contributed by atoms with Crippen LogP contribution in [0.2, 0.25) is 5.02 Å². The number of rotatable bonds is 2. The zero-order chi connectivity index (χ0) is 11.1. The molecule has 0 radical (unpaired) electrons. The summed E-state index contributed by atoms with van der Waals surface area (Å²) in [6.45, 7) is 0.752. The lowest BCUT2D eigenvalue weighted by atomic mass is 9.72. The topological polar surface area (TPSA) is 39.2 Å². The number of halogens is 1. The van der Waals surface area contributed by atoms with Gasteiger partial charge in [-0.05, 0) is 49.6 Å². The number of benzene rings is 1. The summed E-state index contributed by atoms with van der Waals surface area (Å²) in [5.41, 5.74) is 6.64. The van der Waals surface area contributed by atoms with Crippen molar-refractivity contribution in [3.8, 4) is 0 Å². The molecular weight excluding hydrogens is 222 g/mol. The average molecular weight is 236 g/mol. The smallest absolute Gasteiger partial charge is 0.134 e. The van der Waals surface area contributed by atoms with Crippen LogP contribution in [-0.4, -0.2) is 6.54 Å². The summed E-state index contributed by atoms with van der Waals surface area (Å²) < 4.78 is 5.84. The molecule has 1 saturated carbocycles. The van der Waals surface area contributed by atoms with E-state index in [1.165, 1.54) is 12.8 Å². The van der Waals surface area contributed by atoms with Gasteiger partial charge in [-0.25, -0.2) is 0 Å². The molecule has 2 atom stereocenters. The van der Waals surface area contributed by atoms with Crippen molar-refractivity contribution < 1.29 is 4.42 Å². The second-order valence-electron chi connectivity index (χ2n) is 4.51. The molecule has 84 valence electrons. The van der Waals surface area contributed by atoms with Crippen molar-refractivity contribution in [1.82, 2.24) is 0 Å². The molecule has 2 nitrogen and oxygen atoms in total. The Morgan fingerprint density at radius 2 is 2.19 bits per heavy atom. The molecule has 16 heavy (non-hydrogen) atoms. The van der Waals surface area contributed by atoms with Crippen LogP contribution in [0.5, 0.6) is 0 Å². The van der Waals surface area contributed by atoms with E-state index in [0.29, 0.717) is 11.8 Å². The molecule has 0 amide bonds. The van der Waals surface area contributed by atoms with Crippen LogP contribution in [0.1, 0.15) is 24.5 Å². The summed E-state index contributed by atoms with van der Waals surface area (Å²) in [6.07, 6.45) is 2.41. The second kappa shape index (κ2) is 3.79. The van der Waals surface area contributed by atoms with Gasteiger partial charge in [0.2, 0.25) is 0 Å². The van der Waals surface area contributed by atoms with Crippen LogP contribution >= 0.6 is 11.6 Å². The highest BCUT2D eigenvalue weighted by molar-refractivity contribution is 6.31. The van der Waals surface area contributed by atoms with Crippen molar-refractivity contribution in [3.05, 3.63) is 35.0 Å². The van der Waals surface area contributed by atoms with Gasteiger partial charge in [0.15, 0.2) is 0 Å². The molecule has 0 aliphatic heterocycles. The van der Waals surface area contributed by atoms with Gasteiger partial charge in [-0.3, -0.25) is 0 Å². The summed E-state index contributed by atoms with van der Waals surface area (Å²) in [4.78, 5) is 0. The van der Waals surface area contributed by atoms with Crippen molar-refractivity contribution in [2.75, 3.05) is 6.54 Å². The molecule has 2 unspecified atom stereocenters. The van der Waals surface area contributed by atoms with Gasteiger partial charge in [-0.2, -0.15) is 0 Å². The molecule has 0 spiro atoms. The Hall–Kier alpha value is -0.990. The van der Waals surface area contributed by atoms with Gasteiger partial charge in [0.1, 0.15) is 11.3 Å². The lowest BCUT2D eigenvalue weighted by molar-refractivity contribution is 0.233. The molecule has 1 aromatic carbocycles. The van der Waals surface area contributed by atoms with E-state index in [0.717, 1.165) is 28.3 Å². The number of furan rings is 1. The van der Waals surface area contributed by atoms with Crippen molar-refractivity contribution >= 4 is 22.6 Å². The lowest BCUT2D eigenvalue weighted by Gasteiger charge is -2.34. The Bertz CT molecular complexity index is 518. The van der Waals surface area contributed by atoms with Crippen LogP contribution < -0.4 is 5.73 Å². The van der Waals surface area contributed by atoms with Gasteiger partial charge >= 0.3 is 0 Å². The maximum atomic E-state index is 5.95. The molecule has 2 N–H and O–H groups in total. The van der Waals surface area contributed by atoms with E-state index in [9.17, 15) is 0 Å². The van der Waals surface area contributed by atoms with Gasteiger partial charge in [-0.15, -0.1) is 0 Å². The van der Waals surface area contributed by atoms with Gasteiger partial charge in [0.25, 0.3) is 0 Å². The molecule has 1 aromatic heterocycles. The first-order chi connectivity index (χ1) is 7.78. The molecule has 1 heterocycles. The first-order valence-corrected chi connectivity index (χ1v) is 6.05. The standard InChI is InChI=1S/C13H14ClNO/c14-10-2-4-12-9(5-10)6-13(16-12)11-3-1-8(11)7-15/h2,4-6,8,11H,1,3,7,15H2. The van der Waals surface area contributed by atoms with Crippen molar-refractivity contribution in [2.24, 2.45) is 11.7 Å². The van der Waals surface area contributed by atoms with Gasteiger partial charge in [0, 0.05) is 16.3 Å². The van der Waals surface area contributed by atoms with Crippen molar-refractivity contribution in [2.45, 2.75) is 18.8 Å². The van der Waals surface area contributed by atoms with Gasteiger partial charge < -0.3 is 10.2 Å². The average Bonchev–Trinajstić information content (AvgIpc) is 2.58. The van der Waals surface area contributed by atoms with Gasteiger partial charge in [0.05, 0.1) is 0 Å². The van der Waals surface area contributed by atoms with E-state index >= 15 is 0 Å². The second-order valence-corrected chi connectivity index (χ2v) is 4.95. The Balaban J connectivity index is 1.99. The summed E-state index contributed by atoms with van der Waals surface area (Å²) in [5, 5.41) is 1.84. The van der Waals surface area contributed by atoms with Crippen LogP contribution in [0.3, 0.4) is 0 Å². The molecule has 1 fully saturated rings. The van der Waals surface area contributed by atoms with E-state index in [1.54, 1.807) is 0 Å². The summed E-state index contributed by atoms with van der Waals surface area (Å²) in [6, 6.07) is 7.84. The van der Waals surface area contributed by atoms with E-state index < -0.39 is 0 Å². The lowest BCUT2D eigenvalue weighted by Crippen LogP contribution is -2.30. The molecule has 3 rings (SSSR count). The van der Waals surface area contributed by atoms with E-state index in [4.69, 9.17) is 21.8 Å². The molecule has 2 aromatic rings. The maximum absolute atomic E-state index is 5.95. The molecule has 0 saturated heterocycles. The third-order valence-electron chi connectivity index (χ3n) is 3.58. The number of hydrogen-bond donors (Lipinski definition) is 1. The molecular formula is C13H14ClNO. The molecule has 0 bridgehead atoms.